The highest BCUT2D eigenvalue weighted by atomic mass is 15.3. The maximum Gasteiger partial charge on any atom is 0.201 e. The third kappa shape index (κ3) is 2.64. The van der Waals surface area contributed by atoms with Gasteiger partial charge in [0.25, 0.3) is 0 Å². The van der Waals surface area contributed by atoms with Gasteiger partial charge in [0.2, 0.25) is 5.96 Å². The molecular formula is C24H19N3. The van der Waals surface area contributed by atoms with Crippen LogP contribution in [0, 0.1) is 0 Å². The lowest BCUT2D eigenvalue weighted by Gasteiger charge is -2.19. The van der Waals surface area contributed by atoms with Gasteiger partial charge in [-0.2, -0.15) is 0 Å². The second kappa shape index (κ2) is 6.29. The van der Waals surface area contributed by atoms with E-state index in [9.17, 15) is 0 Å². The summed E-state index contributed by atoms with van der Waals surface area (Å²) >= 11 is 0. The van der Waals surface area contributed by atoms with Crippen molar-refractivity contribution in [2.45, 2.75) is 6.54 Å². The number of para-hydroxylation sites is 1. The highest BCUT2D eigenvalue weighted by Gasteiger charge is 2.23. The van der Waals surface area contributed by atoms with Crippen molar-refractivity contribution in [1.29, 1.82) is 0 Å². The van der Waals surface area contributed by atoms with Gasteiger partial charge in [0.05, 0.1) is 17.9 Å². The van der Waals surface area contributed by atoms with Gasteiger partial charge in [-0.3, -0.25) is 0 Å². The first-order chi connectivity index (χ1) is 13.3. The Labute approximate surface area is 158 Å². The van der Waals surface area contributed by atoms with E-state index in [1.165, 1.54) is 16.3 Å². The molecule has 2 N–H and O–H groups in total. The van der Waals surface area contributed by atoms with Crippen LogP contribution >= 0.6 is 0 Å². The average Bonchev–Trinajstić information content (AvgIpc) is 3.10. The summed E-state index contributed by atoms with van der Waals surface area (Å²) in [7, 11) is 0. The molecule has 0 bridgehead atoms. The molecule has 1 heterocycles. The Balaban J connectivity index is 1.58. The van der Waals surface area contributed by atoms with E-state index in [0.29, 0.717) is 5.96 Å². The van der Waals surface area contributed by atoms with Crippen LogP contribution in [0.1, 0.15) is 5.56 Å². The van der Waals surface area contributed by atoms with E-state index in [-0.39, 0.29) is 0 Å². The van der Waals surface area contributed by atoms with Gasteiger partial charge in [-0.25, -0.2) is 4.99 Å². The summed E-state index contributed by atoms with van der Waals surface area (Å²) in [5, 5.41) is 2.51. The number of aliphatic imine (C=N–C) groups is 1. The fraction of sp³-hybridized carbons (Fsp3) is 0.0417. The van der Waals surface area contributed by atoms with Crippen molar-refractivity contribution in [3.05, 3.63) is 96.6 Å². The zero-order chi connectivity index (χ0) is 18.2. The zero-order valence-corrected chi connectivity index (χ0v) is 14.8. The molecule has 0 radical (unpaired) electrons. The Morgan fingerprint density at radius 1 is 0.778 bits per heavy atom. The Bertz CT molecular complexity index is 1160. The van der Waals surface area contributed by atoms with E-state index in [1.54, 1.807) is 0 Å². The number of hydrogen-bond donors (Lipinski definition) is 1. The van der Waals surface area contributed by atoms with Crippen molar-refractivity contribution in [3.8, 4) is 11.1 Å². The van der Waals surface area contributed by atoms with Crippen LogP contribution in [0.15, 0.2) is 96.0 Å². The predicted molar refractivity (Wildman–Crippen MR) is 113 cm³/mol. The van der Waals surface area contributed by atoms with E-state index in [0.717, 1.165) is 29.0 Å². The molecule has 0 amide bonds. The van der Waals surface area contributed by atoms with Gasteiger partial charge < -0.3 is 10.6 Å². The SMILES string of the molecule is NC(=Nc1ccccc1-c1ccccc1)N1Cc2cccc3cccc1c23. The standard InChI is InChI=1S/C24H19N3/c25-24(26-21-14-5-4-13-20(21)17-8-2-1-3-9-17)27-16-19-12-6-10-18-11-7-15-22(27)23(18)19/h1-15H,16H2,(H2,25,26). The van der Waals surface area contributed by atoms with Crippen molar-refractivity contribution in [2.24, 2.45) is 10.7 Å². The number of benzene rings is 4. The molecule has 0 unspecified atom stereocenters. The molecule has 0 atom stereocenters. The van der Waals surface area contributed by atoms with Crippen LogP contribution in [0.25, 0.3) is 21.9 Å². The number of guanidine groups is 1. The third-order valence-electron chi connectivity index (χ3n) is 5.09. The van der Waals surface area contributed by atoms with Crippen molar-refractivity contribution >= 4 is 28.1 Å². The Morgan fingerprint density at radius 3 is 2.37 bits per heavy atom. The van der Waals surface area contributed by atoms with Crippen molar-refractivity contribution < 1.29 is 0 Å². The molecule has 0 saturated heterocycles. The summed E-state index contributed by atoms with van der Waals surface area (Å²) in [6.45, 7) is 0.750. The molecular weight excluding hydrogens is 330 g/mol. The second-order valence-corrected chi connectivity index (χ2v) is 6.73. The van der Waals surface area contributed by atoms with Gasteiger partial charge in [-0.1, -0.05) is 78.9 Å². The summed E-state index contributed by atoms with van der Waals surface area (Å²) in [4.78, 5) is 6.90. The van der Waals surface area contributed by atoms with E-state index in [4.69, 9.17) is 10.7 Å². The first-order valence-corrected chi connectivity index (χ1v) is 9.08. The third-order valence-corrected chi connectivity index (χ3v) is 5.09. The maximum absolute atomic E-state index is 6.49. The monoisotopic (exact) mass is 349 g/mol. The molecule has 0 aromatic heterocycles. The maximum atomic E-state index is 6.49. The van der Waals surface area contributed by atoms with Crippen LogP contribution < -0.4 is 10.6 Å². The number of hydrogen-bond acceptors (Lipinski definition) is 1. The highest BCUT2D eigenvalue weighted by molar-refractivity contribution is 6.09. The van der Waals surface area contributed by atoms with Gasteiger partial charge in [-0.05, 0) is 28.6 Å². The molecule has 3 nitrogen and oxygen atoms in total. The molecule has 0 fully saturated rings. The van der Waals surface area contributed by atoms with Gasteiger partial charge in [0.15, 0.2) is 0 Å². The predicted octanol–water partition coefficient (Wildman–Crippen LogP) is 5.47. The number of nitrogens with two attached hydrogens (primary N) is 1. The van der Waals surface area contributed by atoms with Gasteiger partial charge in [0.1, 0.15) is 0 Å². The summed E-state index contributed by atoms with van der Waals surface area (Å²) in [6, 6.07) is 31.2. The highest BCUT2D eigenvalue weighted by Crippen LogP contribution is 2.38. The number of nitrogens with zero attached hydrogens (tertiary/aromatic N) is 2. The Kier molecular flexibility index (Phi) is 3.65. The van der Waals surface area contributed by atoms with E-state index >= 15 is 0 Å². The molecule has 5 rings (SSSR count). The molecule has 4 aromatic carbocycles. The van der Waals surface area contributed by atoms with Crippen LogP contribution in [0.4, 0.5) is 11.4 Å². The first kappa shape index (κ1) is 15.6. The molecule has 4 aromatic rings. The molecule has 1 aliphatic rings. The molecule has 3 heteroatoms. The quantitative estimate of drug-likeness (QED) is 0.385. The summed E-state index contributed by atoms with van der Waals surface area (Å²) in [5.41, 5.74) is 12.0. The normalized spacial score (nSPS) is 13.3. The lowest BCUT2D eigenvalue weighted by molar-refractivity contribution is 1.04. The Hall–Kier alpha value is -3.59. The minimum atomic E-state index is 0.516. The minimum absolute atomic E-state index is 0.516. The minimum Gasteiger partial charge on any atom is -0.369 e. The summed E-state index contributed by atoms with van der Waals surface area (Å²) < 4.78 is 0. The molecule has 1 aliphatic heterocycles. The van der Waals surface area contributed by atoms with Crippen molar-refractivity contribution in [1.82, 2.24) is 0 Å². The van der Waals surface area contributed by atoms with Crippen molar-refractivity contribution in [3.63, 3.8) is 0 Å². The van der Waals surface area contributed by atoms with Crippen LogP contribution in [-0.2, 0) is 6.54 Å². The van der Waals surface area contributed by atoms with E-state index < -0.39 is 0 Å². The molecule has 0 spiro atoms. The van der Waals surface area contributed by atoms with E-state index in [1.807, 2.05) is 36.4 Å². The van der Waals surface area contributed by atoms with Crippen molar-refractivity contribution in [2.75, 3.05) is 4.90 Å². The van der Waals surface area contributed by atoms with Gasteiger partial charge in [-0.15, -0.1) is 0 Å². The fourth-order valence-electron chi connectivity index (χ4n) is 3.83. The molecule has 0 aliphatic carbocycles. The number of anilines is 1. The molecule has 27 heavy (non-hydrogen) atoms. The smallest absolute Gasteiger partial charge is 0.201 e. The molecule has 130 valence electrons. The van der Waals surface area contributed by atoms with E-state index in [2.05, 4.69) is 59.5 Å². The zero-order valence-electron chi connectivity index (χ0n) is 14.8. The largest absolute Gasteiger partial charge is 0.369 e. The van der Waals surface area contributed by atoms with Crippen LogP contribution in [-0.4, -0.2) is 5.96 Å². The van der Waals surface area contributed by atoms with Gasteiger partial charge >= 0.3 is 0 Å². The number of rotatable bonds is 2. The second-order valence-electron chi connectivity index (χ2n) is 6.73. The van der Waals surface area contributed by atoms with Gasteiger partial charge in [0, 0.05) is 10.9 Å². The lowest BCUT2D eigenvalue weighted by atomic mass is 10.0. The lowest BCUT2D eigenvalue weighted by Crippen LogP contribution is -2.34. The topological polar surface area (TPSA) is 41.6 Å². The molecule has 0 saturated carbocycles. The van der Waals surface area contributed by atoms with Crippen LogP contribution in [0.5, 0.6) is 0 Å². The summed E-state index contributed by atoms with van der Waals surface area (Å²) in [5.74, 6) is 0.516. The Morgan fingerprint density at radius 2 is 1.52 bits per heavy atom. The van der Waals surface area contributed by atoms with Crippen LogP contribution in [0.2, 0.25) is 0 Å². The summed E-state index contributed by atoms with van der Waals surface area (Å²) in [6.07, 6.45) is 0. The first-order valence-electron chi connectivity index (χ1n) is 9.08. The average molecular weight is 349 g/mol. The van der Waals surface area contributed by atoms with Crippen LogP contribution in [0.3, 0.4) is 0 Å². The fourth-order valence-corrected chi connectivity index (χ4v) is 3.83.